The van der Waals surface area contributed by atoms with Gasteiger partial charge in [-0.15, -0.1) is 0 Å². The van der Waals surface area contributed by atoms with Gasteiger partial charge in [0.25, 0.3) is 5.91 Å². The molecule has 0 aliphatic heterocycles. The summed E-state index contributed by atoms with van der Waals surface area (Å²) in [7, 11) is 0. The maximum absolute atomic E-state index is 12.9. The molecular formula is C24H22N6O. The van der Waals surface area contributed by atoms with E-state index in [4.69, 9.17) is 0 Å². The Bertz CT molecular complexity index is 1120. The quantitative estimate of drug-likeness (QED) is 0.462. The second-order valence-electron chi connectivity index (χ2n) is 6.85. The highest BCUT2D eigenvalue weighted by molar-refractivity contribution is 5.99. The topological polar surface area (TPSA) is 92.7 Å². The van der Waals surface area contributed by atoms with Crippen molar-refractivity contribution in [2.75, 3.05) is 11.9 Å². The van der Waals surface area contributed by atoms with Crippen molar-refractivity contribution >= 4 is 11.7 Å². The van der Waals surface area contributed by atoms with E-state index in [1.54, 1.807) is 30.9 Å². The number of hydrogen-bond donors (Lipinski definition) is 2. The molecule has 0 saturated heterocycles. The van der Waals surface area contributed by atoms with Crippen LogP contribution in [-0.4, -0.2) is 32.4 Å². The van der Waals surface area contributed by atoms with Crippen LogP contribution in [0.15, 0.2) is 85.5 Å². The predicted molar refractivity (Wildman–Crippen MR) is 119 cm³/mol. The van der Waals surface area contributed by atoms with Crippen molar-refractivity contribution in [2.24, 2.45) is 0 Å². The number of carbonyl (C=O) groups is 1. The minimum absolute atomic E-state index is 0.204. The van der Waals surface area contributed by atoms with Gasteiger partial charge in [-0.25, -0.2) is 4.98 Å². The van der Waals surface area contributed by atoms with E-state index in [1.165, 1.54) is 0 Å². The first-order valence-corrected chi connectivity index (χ1v) is 10.0. The van der Waals surface area contributed by atoms with Crippen LogP contribution >= 0.6 is 0 Å². The van der Waals surface area contributed by atoms with Gasteiger partial charge in [0.1, 0.15) is 5.82 Å². The number of aromatic nitrogens is 4. The third-order valence-electron chi connectivity index (χ3n) is 4.64. The molecule has 1 amide bonds. The lowest BCUT2D eigenvalue weighted by Gasteiger charge is -2.13. The van der Waals surface area contributed by atoms with Crippen molar-refractivity contribution in [3.05, 3.63) is 102 Å². The highest BCUT2D eigenvalue weighted by Crippen LogP contribution is 2.20. The molecular weight excluding hydrogens is 388 g/mol. The fraction of sp³-hybridized carbons (Fsp3) is 0.125. The summed E-state index contributed by atoms with van der Waals surface area (Å²) in [5.74, 6) is 0.312. The van der Waals surface area contributed by atoms with Crippen LogP contribution in [0, 0.1) is 0 Å². The molecule has 7 heteroatoms. The number of amides is 1. The second-order valence-corrected chi connectivity index (χ2v) is 6.85. The van der Waals surface area contributed by atoms with Crippen LogP contribution in [0.1, 0.15) is 21.6 Å². The monoisotopic (exact) mass is 410 g/mol. The third-order valence-corrected chi connectivity index (χ3v) is 4.64. The fourth-order valence-corrected chi connectivity index (χ4v) is 3.07. The van der Waals surface area contributed by atoms with Gasteiger partial charge in [0, 0.05) is 50.0 Å². The van der Waals surface area contributed by atoms with Gasteiger partial charge in [-0.05, 0) is 48.0 Å². The maximum atomic E-state index is 12.9. The number of pyridine rings is 4. The molecule has 0 fully saturated rings. The smallest absolute Gasteiger partial charge is 0.255 e. The molecule has 0 saturated carbocycles. The SMILES string of the molecule is O=C(NCc1cccnc1)c1ccc(-c2ccccn2)nc1NCCc1ccccn1. The van der Waals surface area contributed by atoms with E-state index in [0.717, 1.165) is 17.0 Å². The first-order chi connectivity index (χ1) is 15.3. The molecule has 4 rings (SSSR count). The zero-order valence-electron chi connectivity index (χ0n) is 16.9. The van der Waals surface area contributed by atoms with Crippen LogP contribution in [0.25, 0.3) is 11.4 Å². The Morgan fingerprint density at radius 1 is 0.839 bits per heavy atom. The number of hydrogen-bond acceptors (Lipinski definition) is 6. The van der Waals surface area contributed by atoms with E-state index in [2.05, 4.69) is 30.6 Å². The zero-order chi connectivity index (χ0) is 21.3. The average Bonchev–Trinajstić information content (AvgIpc) is 2.84. The average molecular weight is 410 g/mol. The summed E-state index contributed by atoms with van der Waals surface area (Å²) < 4.78 is 0. The fourth-order valence-electron chi connectivity index (χ4n) is 3.07. The Morgan fingerprint density at radius 2 is 1.71 bits per heavy atom. The number of anilines is 1. The molecule has 7 nitrogen and oxygen atoms in total. The van der Waals surface area contributed by atoms with Crippen LogP contribution < -0.4 is 10.6 Å². The molecule has 0 aromatic carbocycles. The van der Waals surface area contributed by atoms with Crippen LogP contribution in [0.3, 0.4) is 0 Å². The van der Waals surface area contributed by atoms with E-state index < -0.39 is 0 Å². The van der Waals surface area contributed by atoms with Gasteiger partial charge in [-0.1, -0.05) is 18.2 Å². The molecule has 0 spiro atoms. The summed E-state index contributed by atoms with van der Waals surface area (Å²) in [5, 5.41) is 6.24. The summed E-state index contributed by atoms with van der Waals surface area (Å²) >= 11 is 0. The molecule has 0 aliphatic carbocycles. The standard InChI is InChI=1S/C24H22N6O/c31-24(29-17-18-6-5-12-25-16-18)20-9-10-22(21-8-2-4-14-27-21)30-23(20)28-15-11-19-7-1-3-13-26-19/h1-10,12-14,16H,11,15,17H2,(H,28,30)(H,29,31). The van der Waals surface area contributed by atoms with Gasteiger partial charge >= 0.3 is 0 Å². The van der Waals surface area contributed by atoms with E-state index in [-0.39, 0.29) is 5.91 Å². The van der Waals surface area contributed by atoms with Crippen molar-refractivity contribution in [1.82, 2.24) is 25.3 Å². The lowest BCUT2D eigenvalue weighted by molar-refractivity contribution is 0.0951. The molecule has 0 aliphatic rings. The van der Waals surface area contributed by atoms with Crippen LogP contribution in [0.4, 0.5) is 5.82 Å². The summed E-state index contributed by atoms with van der Waals surface area (Å²) in [6, 6.07) is 18.8. The van der Waals surface area contributed by atoms with Gasteiger partial charge in [-0.3, -0.25) is 19.7 Å². The molecule has 0 unspecified atom stereocenters. The van der Waals surface area contributed by atoms with Gasteiger partial charge in [0.05, 0.1) is 17.0 Å². The van der Waals surface area contributed by atoms with E-state index in [0.29, 0.717) is 36.6 Å². The molecule has 2 N–H and O–H groups in total. The van der Waals surface area contributed by atoms with E-state index >= 15 is 0 Å². The second kappa shape index (κ2) is 10.1. The van der Waals surface area contributed by atoms with Crippen molar-refractivity contribution in [2.45, 2.75) is 13.0 Å². The maximum Gasteiger partial charge on any atom is 0.255 e. The number of carbonyl (C=O) groups excluding carboxylic acids is 1. The van der Waals surface area contributed by atoms with Crippen molar-refractivity contribution in [3.8, 4) is 11.4 Å². The lowest BCUT2D eigenvalue weighted by Crippen LogP contribution is -2.25. The molecule has 0 radical (unpaired) electrons. The van der Waals surface area contributed by atoms with Crippen molar-refractivity contribution in [3.63, 3.8) is 0 Å². The number of nitrogens with one attached hydrogen (secondary N) is 2. The van der Waals surface area contributed by atoms with Gasteiger partial charge < -0.3 is 10.6 Å². The predicted octanol–water partition coefficient (Wildman–Crippen LogP) is 3.52. The number of nitrogens with zero attached hydrogens (tertiary/aromatic N) is 4. The van der Waals surface area contributed by atoms with E-state index in [1.807, 2.05) is 54.6 Å². The Morgan fingerprint density at radius 3 is 2.45 bits per heavy atom. The molecule has 4 aromatic heterocycles. The summed E-state index contributed by atoms with van der Waals surface area (Å²) in [6.07, 6.45) is 7.64. The summed E-state index contributed by atoms with van der Waals surface area (Å²) in [6.45, 7) is 0.987. The highest BCUT2D eigenvalue weighted by Gasteiger charge is 2.15. The molecule has 0 bridgehead atoms. The minimum atomic E-state index is -0.204. The van der Waals surface area contributed by atoms with Gasteiger partial charge in [-0.2, -0.15) is 0 Å². The molecule has 4 aromatic rings. The van der Waals surface area contributed by atoms with Crippen molar-refractivity contribution in [1.29, 1.82) is 0 Å². The van der Waals surface area contributed by atoms with Gasteiger partial charge in [0.15, 0.2) is 0 Å². The summed E-state index contributed by atoms with van der Waals surface area (Å²) in [5.41, 5.74) is 3.82. The van der Waals surface area contributed by atoms with Crippen LogP contribution in [0.2, 0.25) is 0 Å². The Balaban J connectivity index is 1.53. The van der Waals surface area contributed by atoms with Gasteiger partial charge in [0.2, 0.25) is 0 Å². The molecule has 31 heavy (non-hydrogen) atoms. The van der Waals surface area contributed by atoms with E-state index in [9.17, 15) is 4.79 Å². The molecule has 0 atom stereocenters. The minimum Gasteiger partial charge on any atom is -0.369 e. The number of rotatable bonds is 8. The third kappa shape index (κ3) is 5.48. The summed E-state index contributed by atoms with van der Waals surface area (Å²) in [4.78, 5) is 30.3. The molecule has 4 heterocycles. The first-order valence-electron chi connectivity index (χ1n) is 10.0. The van der Waals surface area contributed by atoms with Crippen molar-refractivity contribution < 1.29 is 4.79 Å². The molecule has 154 valence electrons. The Hall–Kier alpha value is -4.13. The Kier molecular flexibility index (Phi) is 6.54. The zero-order valence-corrected chi connectivity index (χ0v) is 16.9. The van der Waals surface area contributed by atoms with Crippen LogP contribution in [-0.2, 0) is 13.0 Å². The lowest BCUT2D eigenvalue weighted by atomic mass is 10.1. The first kappa shape index (κ1) is 20.2. The van der Waals surface area contributed by atoms with Crippen LogP contribution in [0.5, 0.6) is 0 Å². The highest BCUT2D eigenvalue weighted by atomic mass is 16.1. The largest absolute Gasteiger partial charge is 0.369 e. The Labute approximate surface area is 180 Å². The normalized spacial score (nSPS) is 10.5.